The normalized spacial score (nSPS) is 11.3. The predicted molar refractivity (Wildman–Crippen MR) is 177 cm³/mol. The Hall–Kier alpha value is -5.60. The van der Waals surface area contributed by atoms with Crippen LogP contribution in [0.2, 0.25) is 0 Å². The fourth-order valence-corrected chi connectivity index (χ4v) is 5.99. The van der Waals surface area contributed by atoms with E-state index in [4.69, 9.17) is 4.42 Å². The Balaban J connectivity index is 1.21. The van der Waals surface area contributed by atoms with Crippen molar-refractivity contribution in [3.05, 3.63) is 164 Å². The van der Waals surface area contributed by atoms with Gasteiger partial charge in [-0.1, -0.05) is 115 Å². The summed E-state index contributed by atoms with van der Waals surface area (Å²) in [6.07, 6.45) is 0. The molecule has 1 heterocycles. The van der Waals surface area contributed by atoms with Gasteiger partial charge in [-0.05, 0) is 81.6 Å². The van der Waals surface area contributed by atoms with Crippen LogP contribution in [-0.4, -0.2) is 0 Å². The minimum atomic E-state index is 0.896. The van der Waals surface area contributed by atoms with Gasteiger partial charge in [-0.15, -0.1) is 0 Å². The summed E-state index contributed by atoms with van der Waals surface area (Å²) in [5, 5.41) is 4.70. The molecule has 0 unspecified atom stereocenters. The first-order chi connectivity index (χ1) is 20.8. The number of hydrogen-bond acceptors (Lipinski definition) is 2. The molecule has 1 aromatic heterocycles. The molecule has 0 bridgehead atoms. The summed E-state index contributed by atoms with van der Waals surface area (Å²) in [4.78, 5) is 2.31. The van der Waals surface area contributed by atoms with Crippen LogP contribution in [0, 0.1) is 0 Å². The van der Waals surface area contributed by atoms with E-state index in [-0.39, 0.29) is 0 Å². The third-order valence-corrected chi connectivity index (χ3v) is 8.07. The van der Waals surface area contributed by atoms with Gasteiger partial charge in [0.2, 0.25) is 0 Å². The van der Waals surface area contributed by atoms with Crippen LogP contribution in [0.15, 0.2) is 168 Å². The third kappa shape index (κ3) is 4.22. The fraction of sp³-hybridized carbons (Fsp3) is 0. The molecule has 0 saturated carbocycles. The molecule has 0 aliphatic carbocycles. The van der Waals surface area contributed by atoms with E-state index in [1.807, 2.05) is 0 Å². The molecule has 42 heavy (non-hydrogen) atoms. The lowest BCUT2D eigenvalue weighted by Crippen LogP contribution is -2.09. The quantitative estimate of drug-likeness (QED) is 0.217. The Labute approximate surface area is 244 Å². The third-order valence-electron chi connectivity index (χ3n) is 8.07. The topological polar surface area (TPSA) is 16.4 Å². The molecule has 0 radical (unpaired) electrons. The highest BCUT2D eigenvalue weighted by atomic mass is 16.3. The minimum absolute atomic E-state index is 0.896. The van der Waals surface area contributed by atoms with Gasteiger partial charge in [0.05, 0.1) is 0 Å². The summed E-state index contributed by atoms with van der Waals surface area (Å²) >= 11 is 0. The van der Waals surface area contributed by atoms with Crippen molar-refractivity contribution in [1.29, 1.82) is 0 Å². The van der Waals surface area contributed by atoms with Crippen molar-refractivity contribution in [2.45, 2.75) is 0 Å². The van der Waals surface area contributed by atoms with E-state index in [9.17, 15) is 0 Å². The Morgan fingerprint density at radius 3 is 1.60 bits per heavy atom. The van der Waals surface area contributed by atoms with Gasteiger partial charge in [0.25, 0.3) is 0 Å². The van der Waals surface area contributed by atoms with E-state index in [1.54, 1.807) is 0 Å². The van der Waals surface area contributed by atoms with E-state index < -0.39 is 0 Å². The largest absolute Gasteiger partial charge is 0.456 e. The lowest BCUT2D eigenvalue weighted by atomic mass is 10.00. The van der Waals surface area contributed by atoms with Crippen molar-refractivity contribution in [1.82, 2.24) is 0 Å². The molecular weight excluding hydrogens is 510 g/mol. The first-order valence-electron chi connectivity index (χ1n) is 14.3. The molecule has 2 heteroatoms. The molecule has 0 saturated heterocycles. The SMILES string of the molecule is c1ccc(-c2ccc(-c3ccc(N(c4ccccc4)c4ccc5oc6ccc7ccccc7c6c5c4)cc3)cc2)cc1. The van der Waals surface area contributed by atoms with Crippen LogP contribution in [0.3, 0.4) is 0 Å². The zero-order valence-corrected chi connectivity index (χ0v) is 22.9. The molecule has 0 aliphatic rings. The molecule has 8 aromatic rings. The molecule has 0 N–H and O–H groups in total. The number of hydrogen-bond donors (Lipinski definition) is 0. The van der Waals surface area contributed by atoms with Crippen molar-refractivity contribution in [3.63, 3.8) is 0 Å². The van der Waals surface area contributed by atoms with Crippen molar-refractivity contribution >= 4 is 49.8 Å². The molecule has 0 atom stereocenters. The maximum Gasteiger partial charge on any atom is 0.136 e. The second-order valence-electron chi connectivity index (χ2n) is 10.6. The highest BCUT2D eigenvalue weighted by molar-refractivity contribution is 6.19. The van der Waals surface area contributed by atoms with E-state index in [1.165, 1.54) is 33.0 Å². The van der Waals surface area contributed by atoms with Crippen LogP contribution in [0.5, 0.6) is 0 Å². The van der Waals surface area contributed by atoms with Crippen molar-refractivity contribution in [2.24, 2.45) is 0 Å². The van der Waals surface area contributed by atoms with Gasteiger partial charge in [0, 0.05) is 27.8 Å². The fourth-order valence-electron chi connectivity index (χ4n) is 5.99. The second kappa shape index (κ2) is 10.1. The molecule has 0 fully saturated rings. The highest BCUT2D eigenvalue weighted by Gasteiger charge is 2.16. The van der Waals surface area contributed by atoms with Crippen LogP contribution in [-0.2, 0) is 0 Å². The highest BCUT2D eigenvalue weighted by Crippen LogP contribution is 2.41. The van der Waals surface area contributed by atoms with Crippen molar-refractivity contribution < 1.29 is 4.42 Å². The summed E-state index contributed by atoms with van der Waals surface area (Å²) in [5.41, 5.74) is 9.94. The van der Waals surface area contributed by atoms with Crippen LogP contribution in [0.25, 0.3) is 55.0 Å². The van der Waals surface area contributed by atoms with Crippen LogP contribution < -0.4 is 4.90 Å². The van der Waals surface area contributed by atoms with Gasteiger partial charge >= 0.3 is 0 Å². The van der Waals surface area contributed by atoms with Crippen molar-refractivity contribution in [3.8, 4) is 22.3 Å². The molecule has 0 amide bonds. The molecule has 8 rings (SSSR count). The standard InChI is InChI=1S/C40H27NO/c1-3-9-28(10-4-1)29-15-17-30(18-16-29)31-19-22-34(23-20-31)41(33-12-5-2-6-13-33)35-24-26-38-37(27-35)40-36-14-8-7-11-32(36)21-25-39(40)42-38/h1-27H. The summed E-state index contributed by atoms with van der Waals surface area (Å²) in [5.74, 6) is 0. The number of anilines is 3. The first-order valence-corrected chi connectivity index (χ1v) is 14.3. The van der Waals surface area contributed by atoms with Crippen LogP contribution >= 0.6 is 0 Å². The Morgan fingerprint density at radius 1 is 0.357 bits per heavy atom. The number of para-hydroxylation sites is 1. The number of fused-ring (bicyclic) bond motifs is 5. The molecule has 198 valence electrons. The molecule has 2 nitrogen and oxygen atoms in total. The Kier molecular flexibility index (Phi) is 5.82. The van der Waals surface area contributed by atoms with Crippen LogP contribution in [0.1, 0.15) is 0 Å². The Bertz CT molecular complexity index is 2160. The minimum Gasteiger partial charge on any atom is -0.456 e. The second-order valence-corrected chi connectivity index (χ2v) is 10.6. The zero-order valence-electron chi connectivity index (χ0n) is 22.9. The van der Waals surface area contributed by atoms with Gasteiger partial charge in [0.15, 0.2) is 0 Å². The average Bonchev–Trinajstić information content (AvgIpc) is 3.45. The molecule has 0 aliphatic heterocycles. The molecule has 7 aromatic carbocycles. The van der Waals surface area contributed by atoms with Gasteiger partial charge in [-0.2, -0.15) is 0 Å². The maximum absolute atomic E-state index is 6.29. The van der Waals surface area contributed by atoms with Gasteiger partial charge in [0.1, 0.15) is 11.2 Å². The predicted octanol–water partition coefficient (Wildman–Crippen LogP) is 11.5. The number of nitrogens with zero attached hydrogens (tertiary/aromatic N) is 1. The smallest absolute Gasteiger partial charge is 0.136 e. The number of rotatable bonds is 5. The van der Waals surface area contributed by atoms with E-state index >= 15 is 0 Å². The number of benzene rings is 7. The molecular formula is C40H27NO. The van der Waals surface area contributed by atoms with Gasteiger partial charge in [-0.3, -0.25) is 0 Å². The van der Waals surface area contributed by atoms with E-state index in [0.717, 1.165) is 39.0 Å². The van der Waals surface area contributed by atoms with E-state index in [2.05, 4.69) is 169 Å². The summed E-state index contributed by atoms with van der Waals surface area (Å²) in [6, 6.07) is 57.9. The summed E-state index contributed by atoms with van der Waals surface area (Å²) in [6.45, 7) is 0. The monoisotopic (exact) mass is 537 g/mol. The van der Waals surface area contributed by atoms with Crippen LogP contribution in [0.4, 0.5) is 17.1 Å². The van der Waals surface area contributed by atoms with Crippen molar-refractivity contribution in [2.75, 3.05) is 4.90 Å². The zero-order chi connectivity index (χ0) is 27.9. The summed E-state index contributed by atoms with van der Waals surface area (Å²) in [7, 11) is 0. The van der Waals surface area contributed by atoms with Gasteiger partial charge < -0.3 is 9.32 Å². The Morgan fingerprint density at radius 2 is 0.881 bits per heavy atom. The lowest BCUT2D eigenvalue weighted by molar-refractivity contribution is 0.669. The average molecular weight is 538 g/mol. The summed E-state index contributed by atoms with van der Waals surface area (Å²) < 4.78 is 6.29. The molecule has 0 spiro atoms. The maximum atomic E-state index is 6.29. The first kappa shape index (κ1) is 24.2. The van der Waals surface area contributed by atoms with E-state index in [0.29, 0.717) is 0 Å². The number of furan rings is 1. The lowest BCUT2D eigenvalue weighted by Gasteiger charge is -2.25. The van der Waals surface area contributed by atoms with Gasteiger partial charge in [-0.25, -0.2) is 0 Å².